The molecule has 0 aliphatic heterocycles. The van der Waals surface area contributed by atoms with Gasteiger partial charge in [-0.05, 0) is 29.8 Å². The summed E-state index contributed by atoms with van der Waals surface area (Å²) in [6.45, 7) is 0. The van der Waals surface area contributed by atoms with Gasteiger partial charge in [-0.15, -0.1) is 0 Å². The minimum absolute atomic E-state index is 0.259. The number of halogens is 1. The van der Waals surface area contributed by atoms with Gasteiger partial charge in [0.15, 0.2) is 0 Å². The van der Waals surface area contributed by atoms with Crippen LogP contribution in [-0.2, 0) is 7.05 Å². The van der Waals surface area contributed by atoms with Crippen LogP contribution in [0.25, 0.3) is 11.3 Å². The second-order valence-electron chi connectivity index (χ2n) is 3.48. The van der Waals surface area contributed by atoms with Crippen LogP contribution in [-0.4, -0.2) is 15.6 Å². The second kappa shape index (κ2) is 4.02. The molecule has 0 fully saturated rings. The fourth-order valence-electron chi connectivity index (χ4n) is 1.66. The molecule has 3 nitrogen and oxygen atoms in total. The number of carbonyl (C=O) groups is 1. The molecule has 82 valence electrons. The fourth-order valence-corrected chi connectivity index (χ4v) is 1.85. The van der Waals surface area contributed by atoms with Gasteiger partial charge in [-0.3, -0.25) is 0 Å². The molecule has 16 heavy (non-hydrogen) atoms. The summed E-state index contributed by atoms with van der Waals surface area (Å²) < 4.78 is 1.63. The largest absolute Gasteiger partial charge is 0.477 e. The number of carboxylic acid groups (broad SMARTS) is 1. The Morgan fingerprint density at radius 2 is 2.06 bits per heavy atom. The van der Waals surface area contributed by atoms with Crippen molar-refractivity contribution in [3.8, 4) is 11.3 Å². The maximum atomic E-state index is 10.9. The Morgan fingerprint density at radius 3 is 2.62 bits per heavy atom. The van der Waals surface area contributed by atoms with Gasteiger partial charge in [0.25, 0.3) is 0 Å². The number of hydrogen-bond donors (Lipinski definition) is 1. The predicted octanol–water partition coefficient (Wildman–Crippen LogP) is 3.04. The van der Waals surface area contributed by atoms with Crippen LogP contribution >= 0.6 is 11.6 Å². The molecule has 0 saturated heterocycles. The highest BCUT2D eigenvalue weighted by Crippen LogP contribution is 2.24. The van der Waals surface area contributed by atoms with Crippen molar-refractivity contribution in [2.75, 3.05) is 0 Å². The molecule has 0 spiro atoms. The lowest BCUT2D eigenvalue weighted by Gasteiger charge is -2.05. The summed E-state index contributed by atoms with van der Waals surface area (Å²) in [4.78, 5) is 10.9. The number of rotatable bonds is 2. The van der Waals surface area contributed by atoms with Crippen LogP contribution in [0.2, 0.25) is 5.02 Å². The molecule has 2 aromatic rings. The lowest BCUT2D eigenvalue weighted by molar-refractivity contribution is 0.0687. The highest BCUT2D eigenvalue weighted by atomic mass is 35.5. The Kier molecular flexibility index (Phi) is 2.71. The minimum Gasteiger partial charge on any atom is -0.477 e. The topological polar surface area (TPSA) is 42.2 Å². The van der Waals surface area contributed by atoms with Gasteiger partial charge in [0.2, 0.25) is 0 Å². The van der Waals surface area contributed by atoms with Gasteiger partial charge in [-0.25, -0.2) is 4.79 Å². The molecular weight excluding hydrogens is 226 g/mol. The van der Waals surface area contributed by atoms with Gasteiger partial charge in [-0.1, -0.05) is 23.7 Å². The third kappa shape index (κ3) is 1.82. The molecule has 1 aromatic heterocycles. The average molecular weight is 236 g/mol. The Hall–Kier alpha value is -1.74. The first-order valence-corrected chi connectivity index (χ1v) is 5.12. The summed E-state index contributed by atoms with van der Waals surface area (Å²) >= 11 is 5.89. The van der Waals surface area contributed by atoms with E-state index in [0.717, 1.165) is 11.3 Å². The van der Waals surface area contributed by atoms with Crippen LogP contribution in [0.1, 0.15) is 10.5 Å². The summed E-state index contributed by atoms with van der Waals surface area (Å²) in [5, 5.41) is 9.57. The summed E-state index contributed by atoms with van der Waals surface area (Å²) in [7, 11) is 1.72. The third-order valence-corrected chi connectivity index (χ3v) is 2.70. The van der Waals surface area contributed by atoms with E-state index in [2.05, 4.69) is 0 Å². The fraction of sp³-hybridized carbons (Fsp3) is 0.0833. The van der Waals surface area contributed by atoms with E-state index in [0.29, 0.717) is 5.02 Å². The number of aromatic carboxylic acids is 1. The molecule has 2 rings (SSSR count). The summed E-state index contributed by atoms with van der Waals surface area (Å²) in [5.74, 6) is -0.934. The Balaban J connectivity index is 2.53. The van der Waals surface area contributed by atoms with Crippen LogP contribution in [0.3, 0.4) is 0 Å². The molecular formula is C12H10ClNO2. The van der Waals surface area contributed by atoms with Crippen molar-refractivity contribution in [3.63, 3.8) is 0 Å². The number of hydrogen-bond acceptors (Lipinski definition) is 1. The SMILES string of the molecule is Cn1c(C(=O)O)ccc1-c1cccc(Cl)c1. The molecule has 0 amide bonds. The van der Waals surface area contributed by atoms with Crippen molar-refractivity contribution in [1.29, 1.82) is 0 Å². The van der Waals surface area contributed by atoms with Crippen molar-refractivity contribution in [3.05, 3.63) is 47.1 Å². The summed E-state index contributed by atoms with van der Waals surface area (Å²) in [5.41, 5.74) is 2.00. The number of benzene rings is 1. The van der Waals surface area contributed by atoms with Crippen molar-refractivity contribution in [2.24, 2.45) is 7.05 Å². The van der Waals surface area contributed by atoms with E-state index < -0.39 is 5.97 Å². The molecule has 0 aliphatic rings. The van der Waals surface area contributed by atoms with E-state index in [9.17, 15) is 4.79 Å². The third-order valence-electron chi connectivity index (χ3n) is 2.46. The Labute approximate surface area is 97.9 Å². The van der Waals surface area contributed by atoms with E-state index in [-0.39, 0.29) is 5.69 Å². The van der Waals surface area contributed by atoms with Crippen LogP contribution in [0, 0.1) is 0 Å². The van der Waals surface area contributed by atoms with Crippen LogP contribution in [0.15, 0.2) is 36.4 Å². The summed E-state index contributed by atoms with van der Waals surface area (Å²) in [6.07, 6.45) is 0. The van der Waals surface area contributed by atoms with E-state index in [4.69, 9.17) is 16.7 Å². The molecule has 0 unspecified atom stereocenters. The molecule has 0 bridgehead atoms. The number of carboxylic acids is 1. The molecule has 1 aromatic carbocycles. The number of nitrogens with zero attached hydrogens (tertiary/aromatic N) is 1. The van der Waals surface area contributed by atoms with E-state index in [1.54, 1.807) is 29.8 Å². The zero-order valence-electron chi connectivity index (χ0n) is 8.64. The van der Waals surface area contributed by atoms with Gasteiger partial charge in [0.1, 0.15) is 5.69 Å². The molecule has 1 heterocycles. The molecule has 0 radical (unpaired) electrons. The van der Waals surface area contributed by atoms with Crippen molar-refractivity contribution in [1.82, 2.24) is 4.57 Å². The molecule has 0 aliphatic carbocycles. The lowest BCUT2D eigenvalue weighted by atomic mass is 10.1. The van der Waals surface area contributed by atoms with Gasteiger partial charge >= 0.3 is 5.97 Å². The first-order chi connectivity index (χ1) is 7.59. The molecule has 0 saturated carbocycles. The molecule has 1 N–H and O–H groups in total. The second-order valence-corrected chi connectivity index (χ2v) is 3.91. The van der Waals surface area contributed by atoms with E-state index in [1.807, 2.05) is 18.2 Å². The van der Waals surface area contributed by atoms with E-state index >= 15 is 0 Å². The first-order valence-electron chi connectivity index (χ1n) is 4.74. The van der Waals surface area contributed by atoms with Gasteiger partial charge in [0.05, 0.1) is 0 Å². The average Bonchev–Trinajstić information content (AvgIpc) is 2.60. The maximum Gasteiger partial charge on any atom is 0.352 e. The van der Waals surface area contributed by atoms with Crippen molar-refractivity contribution >= 4 is 17.6 Å². The quantitative estimate of drug-likeness (QED) is 0.869. The minimum atomic E-state index is -0.934. The predicted molar refractivity (Wildman–Crippen MR) is 62.8 cm³/mol. The summed E-state index contributed by atoms with van der Waals surface area (Å²) in [6, 6.07) is 10.7. The molecule has 4 heteroatoms. The van der Waals surface area contributed by atoms with Crippen LogP contribution in [0.5, 0.6) is 0 Å². The highest BCUT2D eigenvalue weighted by Gasteiger charge is 2.11. The number of aromatic nitrogens is 1. The first kappa shape index (κ1) is 10.8. The van der Waals surface area contributed by atoms with Crippen LogP contribution in [0.4, 0.5) is 0 Å². The highest BCUT2D eigenvalue weighted by molar-refractivity contribution is 6.30. The van der Waals surface area contributed by atoms with Gasteiger partial charge in [0, 0.05) is 17.8 Å². The Bertz CT molecular complexity index is 546. The standard InChI is InChI=1S/C12H10ClNO2/c1-14-10(5-6-11(14)12(15)16)8-3-2-4-9(13)7-8/h2-7H,1H3,(H,15,16). The Morgan fingerprint density at radius 1 is 1.31 bits per heavy atom. The normalized spacial score (nSPS) is 10.4. The molecule has 0 atom stereocenters. The smallest absolute Gasteiger partial charge is 0.352 e. The lowest BCUT2D eigenvalue weighted by Crippen LogP contribution is -2.04. The van der Waals surface area contributed by atoms with Crippen LogP contribution < -0.4 is 0 Å². The monoisotopic (exact) mass is 235 g/mol. The zero-order valence-corrected chi connectivity index (χ0v) is 9.40. The van der Waals surface area contributed by atoms with Gasteiger partial charge in [-0.2, -0.15) is 0 Å². The van der Waals surface area contributed by atoms with Crippen molar-refractivity contribution in [2.45, 2.75) is 0 Å². The van der Waals surface area contributed by atoms with E-state index in [1.165, 1.54) is 0 Å². The van der Waals surface area contributed by atoms with Crippen molar-refractivity contribution < 1.29 is 9.90 Å². The maximum absolute atomic E-state index is 10.9. The van der Waals surface area contributed by atoms with Gasteiger partial charge < -0.3 is 9.67 Å². The zero-order chi connectivity index (χ0) is 11.7.